The van der Waals surface area contributed by atoms with Crippen LogP contribution in [-0.4, -0.2) is 19.1 Å². The molecule has 2 N–H and O–H groups in total. The quantitative estimate of drug-likeness (QED) is 0.497. The van der Waals surface area contributed by atoms with Gasteiger partial charge in [0.1, 0.15) is 0 Å². The molecule has 12 heavy (non-hydrogen) atoms. The third-order valence-electron chi connectivity index (χ3n) is 1.74. The summed E-state index contributed by atoms with van der Waals surface area (Å²) in [6.45, 7) is 8.38. The Kier molecular flexibility index (Phi) is 4.59. The Morgan fingerprint density at radius 1 is 1.67 bits per heavy atom. The lowest BCUT2D eigenvalue weighted by Crippen LogP contribution is -2.25. The molecule has 0 saturated carbocycles. The van der Waals surface area contributed by atoms with Gasteiger partial charge in [0.15, 0.2) is 0 Å². The fraction of sp³-hybridized carbons (Fsp3) is 0.667. The van der Waals surface area contributed by atoms with Crippen molar-refractivity contribution in [2.45, 2.75) is 20.3 Å². The molecular formula is C9H17NO2. The Labute approximate surface area is 73.6 Å². The molecule has 70 valence electrons. The highest BCUT2D eigenvalue weighted by molar-refractivity contribution is 5.81. The number of rotatable bonds is 5. The van der Waals surface area contributed by atoms with Crippen LogP contribution in [-0.2, 0) is 9.53 Å². The van der Waals surface area contributed by atoms with E-state index in [0.717, 1.165) is 12.5 Å². The Morgan fingerprint density at radius 2 is 2.25 bits per heavy atom. The molecule has 0 saturated heterocycles. The minimum Gasteiger partial charge on any atom is -0.463 e. The van der Waals surface area contributed by atoms with Crippen LogP contribution in [0.3, 0.4) is 0 Å². The van der Waals surface area contributed by atoms with Crippen LogP contribution in [0, 0.1) is 5.41 Å². The predicted molar refractivity (Wildman–Crippen MR) is 48.6 cm³/mol. The molecule has 0 aliphatic carbocycles. The molecule has 3 nitrogen and oxygen atoms in total. The fourth-order valence-electron chi connectivity index (χ4n) is 0.589. The maximum atomic E-state index is 10.6. The van der Waals surface area contributed by atoms with Crippen molar-refractivity contribution >= 4 is 5.97 Å². The van der Waals surface area contributed by atoms with E-state index in [9.17, 15) is 4.79 Å². The molecule has 0 aliphatic rings. The first-order valence-electron chi connectivity index (χ1n) is 4.01. The van der Waals surface area contributed by atoms with Gasteiger partial charge in [0.25, 0.3) is 0 Å². The lowest BCUT2D eigenvalue weighted by molar-refractivity contribution is -0.138. The fourth-order valence-corrected chi connectivity index (χ4v) is 0.589. The Hall–Kier alpha value is -0.830. The molecule has 0 unspecified atom stereocenters. The normalized spacial score (nSPS) is 10.9. The van der Waals surface area contributed by atoms with Crippen molar-refractivity contribution in [3.05, 3.63) is 12.7 Å². The number of carbonyl (C=O) groups excluding carboxylic acids is 1. The summed E-state index contributed by atoms with van der Waals surface area (Å²) >= 11 is 0. The van der Waals surface area contributed by atoms with E-state index in [2.05, 4.69) is 6.58 Å². The van der Waals surface area contributed by atoms with E-state index >= 15 is 0 Å². The average Bonchev–Trinajstić information content (AvgIpc) is 2.04. The van der Waals surface area contributed by atoms with Gasteiger partial charge in [-0.05, 0) is 18.4 Å². The van der Waals surface area contributed by atoms with E-state index in [0.29, 0.717) is 13.2 Å². The van der Waals surface area contributed by atoms with Crippen molar-refractivity contribution in [2.24, 2.45) is 11.1 Å². The molecule has 0 fully saturated rings. The molecule has 0 aliphatic heterocycles. The summed E-state index contributed by atoms with van der Waals surface area (Å²) in [5.41, 5.74) is 5.54. The second-order valence-corrected chi connectivity index (χ2v) is 3.49. The molecule has 0 aromatic carbocycles. The third-order valence-corrected chi connectivity index (χ3v) is 1.74. The molecule has 0 radical (unpaired) electrons. The molecule has 0 bridgehead atoms. The molecule has 0 atom stereocenters. The summed E-state index contributed by atoms with van der Waals surface area (Å²) in [6, 6.07) is 0. The van der Waals surface area contributed by atoms with Crippen molar-refractivity contribution in [3.8, 4) is 0 Å². The minimum atomic E-state index is -0.372. The maximum absolute atomic E-state index is 10.6. The van der Waals surface area contributed by atoms with Crippen molar-refractivity contribution in [1.82, 2.24) is 0 Å². The zero-order valence-electron chi connectivity index (χ0n) is 7.80. The summed E-state index contributed by atoms with van der Waals surface area (Å²) in [7, 11) is 0. The van der Waals surface area contributed by atoms with Gasteiger partial charge in [-0.3, -0.25) is 0 Å². The van der Waals surface area contributed by atoms with Gasteiger partial charge in [-0.25, -0.2) is 4.79 Å². The lowest BCUT2D eigenvalue weighted by atomic mass is 9.90. The molecule has 0 amide bonds. The van der Waals surface area contributed by atoms with Crippen LogP contribution in [0.2, 0.25) is 0 Å². The van der Waals surface area contributed by atoms with E-state index in [4.69, 9.17) is 10.5 Å². The van der Waals surface area contributed by atoms with Crippen molar-refractivity contribution in [3.63, 3.8) is 0 Å². The SMILES string of the molecule is C=CC(=O)OCCC(C)(C)CN. The zero-order valence-corrected chi connectivity index (χ0v) is 7.80. The van der Waals surface area contributed by atoms with Gasteiger partial charge in [-0.15, -0.1) is 0 Å². The minimum absolute atomic E-state index is 0.0431. The second kappa shape index (κ2) is 4.93. The standard InChI is InChI=1S/C9H17NO2/c1-4-8(11)12-6-5-9(2,3)7-10/h4H,1,5-7,10H2,2-3H3. The van der Waals surface area contributed by atoms with Gasteiger partial charge in [-0.1, -0.05) is 20.4 Å². The topological polar surface area (TPSA) is 52.3 Å². The molecule has 3 heteroatoms. The van der Waals surface area contributed by atoms with E-state index in [-0.39, 0.29) is 11.4 Å². The number of hydrogen-bond donors (Lipinski definition) is 1. The predicted octanol–water partition coefficient (Wildman–Crippen LogP) is 1.09. The molecule has 0 heterocycles. The summed E-state index contributed by atoms with van der Waals surface area (Å²) in [6.07, 6.45) is 1.94. The number of carbonyl (C=O) groups is 1. The van der Waals surface area contributed by atoms with Gasteiger partial charge in [-0.2, -0.15) is 0 Å². The summed E-state index contributed by atoms with van der Waals surface area (Å²) in [5, 5.41) is 0. The molecule has 0 spiro atoms. The smallest absolute Gasteiger partial charge is 0.330 e. The maximum Gasteiger partial charge on any atom is 0.330 e. The average molecular weight is 171 g/mol. The van der Waals surface area contributed by atoms with Crippen molar-refractivity contribution in [2.75, 3.05) is 13.2 Å². The van der Waals surface area contributed by atoms with Crippen LogP contribution in [0.15, 0.2) is 12.7 Å². The third kappa shape index (κ3) is 4.91. The zero-order chi connectivity index (χ0) is 9.61. The Bertz CT molecular complexity index is 164. The van der Waals surface area contributed by atoms with Crippen LogP contribution in [0.4, 0.5) is 0 Å². The number of ether oxygens (including phenoxy) is 1. The highest BCUT2D eigenvalue weighted by Crippen LogP contribution is 2.17. The molecular weight excluding hydrogens is 154 g/mol. The molecule has 0 rings (SSSR count). The van der Waals surface area contributed by atoms with E-state index < -0.39 is 0 Å². The second-order valence-electron chi connectivity index (χ2n) is 3.49. The lowest BCUT2D eigenvalue weighted by Gasteiger charge is -2.21. The Balaban J connectivity index is 3.56. The van der Waals surface area contributed by atoms with Crippen LogP contribution in [0.25, 0.3) is 0 Å². The first kappa shape index (κ1) is 11.2. The number of nitrogens with two attached hydrogens (primary N) is 1. The highest BCUT2D eigenvalue weighted by atomic mass is 16.5. The summed E-state index contributed by atoms with van der Waals surface area (Å²) in [4.78, 5) is 10.6. The van der Waals surface area contributed by atoms with Crippen molar-refractivity contribution in [1.29, 1.82) is 0 Å². The number of esters is 1. The van der Waals surface area contributed by atoms with Crippen LogP contribution in [0.1, 0.15) is 20.3 Å². The van der Waals surface area contributed by atoms with E-state index in [1.807, 2.05) is 13.8 Å². The molecule has 0 aromatic rings. The van der Waals surface area contributed by atoms with Crippen LogP contribution in [0.5, 0.6) is 0 Å². The summed E-state index contributed by atoms with van der Waals surface area (Å²) in [5.74, 6) is -0.372. The monoisotopic (exact) mass is 171 g/mol. The Morgan fingerprint density at radius 3 is 2.67 bits per heavy atom. The van der Waals surface area contributed by atoms with Gasteiger partial charge in [0, 0.05) is 6.08 Å². The first-order valence-corrected chi connectivity index (χ1v) is 4.01. The van der Waals surface area contributed by atoms with Gasteiger partial charge in [0.2, 0.25) is 0 Å². The van der Waals surface area contributed by atoms with Gasteiger partial charge < -0.3 is 10.5 Å². The van der Waals surface area contributed by atoms with E-state index in [1.165, 1.54) is 0 Å². The van der Waals surface area contributed by atoms with Crippen LogP contribution >= 0.6 is 0 Å². The largest absolute Gasteiger partial charge is 0.463 e. The van der Waals surface area contributed by atoms with Gasteiger partial charge in [0.05, 0.1) is 6.61 Å². The van der Waals surface area contributed by atoms with Crippen molar-refractivity contribution < 1.29 is 9.53 Å². The summed E-state index contributed by atoms with van der Waals surface area (Å²) < 4.78 is 4.82. The van der Waals surface area contributed by atoms with Crippen LogP contribution < -0.4 is 5.73 Å². The van der Waals surface area contributed by atoms with E-state index in [1.54, 1.807) is 0 Å². The first-order chi connectivity index (χ1) is 5.52. The van der Waals surface area contributed by atoms with Gasteiger partial charge >= 0.3 is 5.97 Å². The molecule has 0 aromatic heterocycles. The highest BCUT2D eigenvalue weighted by Gasteiger charge is 2.15. The number of hydrogen-bond acceptors (Lipinski definition) is 3.